The van der Waals surface area contributed by atoms with Crippen LogP contribution in [-0.2, 0) is 13.2 Å². The van der Waals surface area contributed by atoms with E-state index in [0.717, 1.165) is 6.20 Å². The summed E-state index contributed by atoms with van der Waals surface area (Å²) in [6.07, 6.45) is 0.967. The summed E-state index contributed by atoms with van der Waals surface area (Å²) in [7, 11) is 0. The van der Waals surface area contributed by atoms with Crippen molar-refractivity contribution < 1.29 is 17.9 Å². The minimum absolute atomic E-state index is 0.0413. The molecule has 2 heterocycles. The van der Waals surface area contributed by atoms with Crippen molar-refractivity contribution in [1.82, 2.24) is 15.0 Å². The Bertz CT molecular complexity index is 859. The van der Waals surface area contributed by atoms with E-state index in [9.17, 15) is 13.2 Å². The molecule has 0 aliphatic heterocycles. The van der Waals surface area contributed by atoms with Gasteiger partial charge in [-0.3, -0.25) is 0 Å². The van der Waals surface area contributed by atoms with E-state index in [1.165, 1.54) is 24.3 Å². The van der Waals surface area contributed by atoms with Gasteiger partial charge in [-0.05, 0) is 29.8 Å². The van der Waals surface area contributed by atoms with E-state index in [-0.39, 0.29) is 30.8 Å². The van der Waals surface area contributed by atoms with E-state index in [2.05, 4.69) is 20.3 Å². The first kappa shape index (κ1) is 16.7. The highest BCUT2D eigenvalue weighted by Gasteiger charge is 2.09. The molecule has 1 aromatic carbocycles. The fourth-order valence-electron chi connectivity index (χ4n) is 2.00. The van der Waals surface area contributed by atoms with E-state index in [1.807, 2.05) is 0 Å². The van der Waals surface area contributed by atoms with Crippen LogP contribution in [0.3, 0.4) is 0 Å². The molecule has 1 N–H and O–H groups in total. The summed E-state index contributed by atoms with van der Waals surface area (Å²) in [6.45, 7) is 0.194. The lowest BCUT2D eigenvalue weighted by Gasteiger charge is -2.09. The zero-order valence-electron chi connectivity index (χ0n) is 12.9. The lowest BCUT2D eigenvalue weighted by Crippen LogP contribution is -2.08. The van der Waals surface area contributed by atoms with Crippen LogP contribution in [0.25, 0.3) is 0 Å². The topological polar surface area (TPSA) is 59.9 Å². The fourth-order valence-corrected chi connectivity index (χ4v) is 2.00. The van der Waals surface area contributed by atoms with E-state index < -0.39 is 11.8 Å². The predicted octanol–water partition coefficient (Wildman–Crippen LogP) is 3.48. The molecule has 8 heteroatoms. The third-order valence-electron chi connectivity index (χ3n) is 3.21. The molecule has 0 radical (unpaired) electrons. The Morgan fingerprint density at radius 2 is 1.76 bits per heavy atom. The van der Waals surface area contributed by atoms with Gasteiger partial charge in [-0.15, -0.1) is 0 Å². The maximum Gasteiger partial charge on any atom is 0.318 e. The number of aromatic nitrogens is 3. The van der Waals surface area contributed by atoms with Gasteiger partial charge in [0, 0.05) is 0 Å². The molecule has 3 rings (SSSR count). The number of hydrogen-bond acceptors (Lipinski definition) is 5. The van der Waals surface area contributed by atoms with Crippen LogP contribution in [-0.4, -0.2) is 15.0 Å². The van der Waals surface area contributed by atoms with Crippen molar-refractivity contribution in [3.05, 3.63) is 77.5 Å². The Morgan fingerprint density at radius 3 is 2.52 bits per heavy atom. The third kappa shape index (κ3) is 4.66. The molecule has 25 heavy (non-hydrogen) atoms. The zero-order chi connectivity index (χ0) is 17.6. The lowest BCUT2D eigenvalue weighted by molar-refractivity contribution is 0.279. The molecule has 0 fully saturated rings. The molecule has 0 amide bonds. The Kier molecular flexibility index (Phi) is 5.08. The summed E-state index contributed by atoms with van der Waals surface area (Å²) in [5, 5.41) is 2.72. The smallest absolute Gasteiger partial charge is 0.318 e. The molecule has 0 spiro atoms. The van der Waals surface area contributed by atoms with Crippen molar-refractivity contribution in [2.75, 3.05) is 5.32 Å². The number of nitrogens with zero attached hydrogens (tertiary/aromatic N) is 3. The summed E-state index contributed by atoms with van der Waals surface area (Å²) in [6, 6.07) is 10.0. The molecule has 0 aliphatic rings. The van der Waals surface area contributed by atoms with Gasteiger partial charge in [0.1, 0.15) is 12.4 Å². The molecule has 0 unspecified atom stereocenters. The normalized spacial score (nSPS) is 10.5. The van der Waals surface area contributed by atoms with Crippen molar-refractivity contribution in [1.29, 1.82) is 0 Å². The van der Waals surface area contributed by atoms with Crippen molar-refractivity contribution in [2.45, 2.75) is 13.2 Å². The quantitative estimate of drug-likeness (QED) is 0.693. The van der Waals surface area contributed by atoms with Gasteiger partial charge in [0.25, 0.3) is 0 Å². The standard InChI is InChI=1S/C17H13F3N4O/c18-12-6-4-11(5-7-12)10-25-17-22-9-14(19)16(24-17)21-8-13-2-1-3-15(20)23-13/h1-7,9H,8,10H2,(H,21,22,24). The Hall–Kier alpha value is -3.16. The highest BCUT2D eigenvalue weighted by atomic mass is 19.1. The number of rotatable bonds is 6. The van der Waals surface area contributed by atoms with E-state index in [1.54, 1.807) is 18.2 Å². The Labute approximate surface area is 141 Å². The first-order valence-electron chi connectivity index (χ1n) is 7.35. The van der Waals surface area contributed by atoms with Gasteiger partial charge in [-0.2, -0.15) is 9.37 Å². The van der Waals surface area contributed by atoms with Crippen LogP contribution in [0.15, 0.2) is 48.7 Å². The monoisotopic (exact) mass is 346 g/mol. The number of pyridine rings is 1. The second-order valence-corrected chi connectivity index (χ2v) is 5.07. The van der Waals surface area contributed by atoms with Crippen LogP contribution in [0.1, 0.15) is 11.3 Å². The summed E-state index contributed by atoms with van der Waals surface area (Å²) in [5.41, 5.74) is 1.11. The molecule has 3 aromatic rings. The molecular formula is C17H13F3N4O. The Balaban J connectivity index is 1.64. The summed E-state index contributed by atoms with van der Waals surface area (Å²) >= 11 is 0. The van der Waals surface area contributed by atoms with Crippen LogP contribution < -0.4 is 10.1 Å². The van der Waals surface area contributed by atoms with E-state index in [4.69, 9.17) is 4.74 Å². The minimum atomic E-state index is -0.675. The molecule has 0 aliphatic carbocycles. The lowest BCUT2D eigenvalue weighted by atomic mass is 10.2. The molecule has 0 saturated heterocycles. The van der Waals surface area contributed by atoms with Gasteiger partial charge in [0.2, 0.25) is 5.95 Å². The van der Waals surface area contributed by atoms with Crippen LogP contribution in [0, 0.1) is 17.6 Å². The fraction of sp³-hybridized carbons (Fsp3) is 0.118. The molecule has 5 nitrogen and oxygen atoms in total. The average Bonchev–Trinajstić information content (AvgIpc) is 2.61. The van der Waals surface area contributed by atoms with Crippen LogP contribution >= 0.6 is 0 Å². The van der Waals surface area contributed by atoms with Crippen molar-refractivity contribution >= 4 is 5.82 Å². The number of ether oxygens (including phenoxy) is 1. The third-order valence-corrected chi connectivity index (χ3v) is 3.21. The predicted molar refractivity (Wildman–Crippen MR) is 84.2 cm³/mol. The van der Waals surface area contributed by atoms with Gasteiger partial charge in [-0.25, -0.2) is 18.7 Å². The van der Waals surface area contributed by atoms with Crippen LogP contribution in [0.5, 0.6) is 6.01 Å². The van der Waals surface area contributed by atoms with Gasteiger partial charge >= 0.3 is 6.01 Å². The average molecular weight is 346 g/mol. The molecule has 128 valence electrons. The van der Waals surface area contributed by atoms with Gasteiger partial charge in [0.15, 0.2) is 11.6 Å². The van der Waals surface area contributed by atoms with Crippen LogP contribution in [0.4, 0.5) is 19.0 Å². The number of anilines is 1. The van der Waals surface area contributed by atoms with Crippen molar-refractivity contribution in [3.8, 4) is 6.01 Å². The molecular weight excluding hydrogens is 333 g/mol. The number of hydrogen-bond donors (Lipinski definition) is 1. The number of nitrogens with one attached hydrogen (secondary N) is 1. The summed E-state index contributed by atoms with van der Waals surface area (Å²) < 4.78 is 45.0. The van der Waals surface area contributed by atoms with E-state index >= 15 is 0 Å². The maximum absolute atomic E-state index is 13.8. The first-order valence-corrected chi connectivity index (χ1v) is 7.35. The second kappa shape index (κ2) is 7.61. The Morgan fingerprint density at radius 1 is 0.960 bits per heavy atom. The maximum atomic E-state index is 13.8. The van der Waals surface area contributed by atoms with Crippen LogP contribution in [0.2, 0.25) is 0 Å². The van der Waals surface area contributed by atoms with Gasteiger partial charge < -0.3 is 10.1 Å². The summed E-state index contributed by atoms with van der Waals surface area (Å²) in [4.78, 5) is 11.3. The summed E-state index contributed by atoms with van der Waals surface area (Å²) in [5.74, 6) is -1.73. The van der Waals surface area contributed by atoms with Crippen molar-refractivity contribution in [3.63, 3.8) is 0 Å². The minimum Gasteiger partial charge on any atom is -0.459 e. The second-order valence-electron chi connectivity index (χ2n) is 5.07. The SMILES string of the molecule is Fc1ccc(COc2ncc(F)c(NCc3cccc(F)n3)n2)cc1. The van der Waals surface area contributed by atoms with Gasteiger partial charge in [0.05, 0.1) is 18.4 Å². The highest BCUT2D eigenvalue weighted by Crippen LogP contribution is 2.15. The highest BCUT2D eigenvalue weighted by molar-refractivity contribution is 5.36. The zero-order valence-corrected chi connectivity index (χ0v) is 12.9. The number of halogens is 3. The molecule has 0 saturated carbocycles. The van der Waals surface area contributed by atoms with E-state index in [0.29, 0.717) is 11.3 Å². The first-order chi connectivity index (χ1) is 12.1. The molecule has 0 atom stereocenters. The number of benzene rings is 1. The molecule has 0 bridgehead atoms. The largest absolute Gasteiger partial charge is 0.459 e. The molecule has 2 aromatic heterocycles. The van der Waals surface area contributed by atoms with Gasteiger partial charge in [-0.1, -0.05) is 18.2 Å². The van der Waals surface area contributed by atoms with Crippen molar-refractivity contribution in [2.24, 2.45) is 0 Å².